The van der Waals surface area contributed by atoms with Crippen LogP contribution in [0.5, 0.6) is 5.75 Å². The van der Waals surface area contributed by atoms with Gasteiger partial charge in [0.25, 0.3) is 0 Å². The van der Waals surface area contributed by atoms with Crippen molar-refractivity contribution in [2.45, 2.75) is 26.4 Å². The van der Waals surface area contributed by atoms with Crippen LogP contribution in [0.3, 0.4) is 0 Å². The molecule has 18 heavy (non-hydrogen) atoms. The summed E-state index contributed by atoms with van der Waals surface area (Å²) < 4.78 is 15.7. The van der Waals surface area contributed by atoms with Gasteiger partial charge in [-0.15, -0.1) is 0 Å². The average molecular weight is 252 g/mol. The van der Waals surface area contributed by atoms with Gasteiger partial charge >= 0.3 is 5.97 Å². The third-order valence-corrected chi connectivity index (χ3v) is 2.57. The number of carbonyl (C=O) groups excluding carboxylic acids is 1. The van der Waals surface area contributed by atoms with E-state index in [2.05, 4.69) is 0 Å². The normalized spacial score (nSPS) is 11.9. The van der Waals surface area contributed by atoms with Gasteiger partial charge in [-0.3, -0.25) is 0 Å². The van der Waals surface area contributed by atoms with Gasteiger partial charge in [-0.1, -0.05) is 25.1 Å². The number of methoxy groups -OCH3 is 1. The maximum atomic E-state index is 11.3. The number of rotatable bonds is 7. The Bertz CT molecular complexity index is 372. The Balaban J connectivity index is 2.73. The molecule has 100 valence electrons. The first kappa shape index (κ1) is 14.5. The monoisotopic (exact) mass is 252 g/mol. The summed E-state index contributed by atoms with van der Waals surface area (Å²) in [6.45, 7) is 4.09. The number of carbonyl (C=O) groups is 1. The molecular weight excluding hydrogens is 232 g/mol. The van der Waals surface area contributed by atoms with E-state index in [4.69, 9.17) is 14.2 Å². The molecule has 0 heterocycles. The molecule has 0 saturated heterocycles. The minimum Gasteiger partial charge on any atom is -0.482 e. The van der Waals surface area contributed by atoms with Gasteiger partial charge in [0.2, 0.25) is 0 Å². The lowest BCUT2D eigenvalue weighted by atomic mass is 10.1. The molecule has 4 nitrogen and oxygen atoms in total. The third kappa shape index (κ3) is 4.04. The van der Waals surface area contributed by atoms with Crippen molar-refractivity contribution in [2.24, 2.45) is 0 Å². The summed E-state index contributed by atoms with van der Waals surface area (Å²) in [5.41, 5.74) is 0.951. The van der Waals surface area contributed by atoms with Crippen molar-refractivity contribution < 1.29 is 19.0 Å². The molecular formula is C14H20O4. The number of para-hydroxylation sites is 1. The molecule has 1 rings (SSSR count). The van der Waals surface area contributed by atoms with Gasteiger partial charge in [0.1, 0.15) is 5.75 Å². The smallest absolute Gasteiger partial charge is 0.344 e. The average Bonchev–Trinajstić information content (AvgIpc) is 2.39. The third-order valence-electron chi connectivity index (χ3n) is 2.57. The summed E-state index contributed by atoms with van der Waals surface area (Å²) in [6, 6.07) is 7.56. The van der Waals surface area contributed by atoms with Crippen LogP contribution in [-0.2, 0) is 14.3 Å². The maximum Gasteiger partial charge on any atom is 0.344 e. The quantitative estimate of drug-likeness (QED) is 0.700. The van der Waals surface area contributed by atoms with Crippen LogP contribution in [0.25, 0.3) is 0 Å². The van der Waals surface area contributed by atoms with Crippen molar-refractivity contribution in [2.75, 3.05) is 20.3 Å². The fourth-order valence-electron chi connectivity index (χ4n) is 1.73. The van der Waals surface area contributed by atoms with E-state index in [0.29, 0.717) is 12.4 Å². The number of esters is 1. The molecule has 0 aliphatic rings. The second-order valence-corrected chi connectivity index (χ2v) is 3.76. The maximum absolute atomic E-state index is 11.3. The zero-order valence-corrected chi connectivity index (χ0v) is 11.1. The lowest BCUT2D eigenvalue weighted by Crippen LogP contribution is -2.15. The predicted molar refractivity (Wildman–Crippen MR) is 68.6 cm³/mol. The van der Waals surface area contributed by atoms with Gasteiger partial charge in [0.15, 0.2) is 6.61 Å². The Kier molecular flexibility index (Phi) is 6.22. The summed E-state index contributed by atoms with van der Waals surface area (Å²) in [5, 5.41) is 0. The zero-order chi connectivity index (χ0) is 13.4. The summed E-state index contributed by atoms with van der Waals surface area (Å²) in [7, 11) is 1.66. The molecule has 0 aliphatic carbocycles. The van der Waals surface area contributed by atoms with Gasteiger partial charge in [-0.2, -0.15) is 0 Å². The molecule has 0 aliphatic heterocycles. The van der Waals surface area contributed by atoms with Crippen molar-refractivity contribution in [1.29, 1.82) is 0 Å². The highest BCUT2D eigenvalue weighted by Crippen LogP contribution is 2.29. The standard InChI is InChI=1S/C14H20O4/c1-4-12(16-3)11-8-6-7-9-13(11)18-10-14(15)17-5-2/h6-9,12H,4-5,10H2,1-3H3. The summed E-state index contributed by atoms with van der Waals surface area (Å²) in [5.74, 6) is 0.303. The van der Waals surface area contributed by atoms with E-state index in [0.717, 1.165) is 12.0 Å². The lowest BCUT2D eigenvalue weighted by Gasteiger charge is -2.17. The Morgan fingerprint density at radius 2 is 2.00 bits per heavy atom. The number of hydrogen-bond donors (Lipinski definition) is 0. The van der Waals surface area contributed by atoms with Crippen LogP contribution >= 0.6 is 0 Å². The molecule has 0 spiro atoms. The van der Waals surface area contributed by atoms with Crippen molar-refractivity contribution in [3.63, 3.8) is 0 Å². The Morgan fingerprint density at radius 1 is 1.28 bits per heavy atom. The van der Waals surface area contributed by atoms with Crippen LogP contribution in [0.1, 0.15) is 31.9 Å². The van der Waals surface area contributed by atoms with Crippen molar-refractivity contribution >= 4 is 5.97 Å². The van der Waals surface area contributed by atoms with E-state index < -0.39 is 0 Å². The fourth-order valence-corrected chi connectivity index (χ4v) is 1.73. The highest BCUT2D eigenvalue weighted by atomic mass is 16.6. The number of ether oxygens (including phenoxy) is 3. The SMILES string of the molecule is CCOC(=O)COc1ccccc1C(CC)OC. The van der Waals surface area contributed by atoms with Gasteiger partial charge in [0.05, 0.1) is 12.7 Å². The molecule has 1 atom stereocenters. The summed E-state index contributed by atoms with van der Waals surface area (Å²) in [4.78, 5) is 11.3. The predicted octanol–water partition coefficient (Wildman–Crippen LogP) is 2.73. The second kappa shape index (κ2) is 7.71. The van der Waals surface area contributed by atoms with Crippen LogP contribution in [0.2, 0.25) is 0 Å². The van der Waals surface area contributed by atoms with E-state index in [1.54, 1.807) is 14.0 Å². The van der Waals surface area contributed by atoms with Crippen molar-refractivity contribution in [3.8, 4) is 5.75 Å². The molecule has 0 radical (unpaired) electrons. The molecule has 0 N–H and O–H groups in total. The van der Waals surface area contributed by atoms with Gasteiger partial charge < -0.3 is 14.2 Å². The highest BCUT2D eigenvalue weighted by molar-refractivity contribution is 5.71. The van der Waals surface area contributed by atoms with E-state index in [1.165, 1.54) is 0 Å². The van der Waals surface area contributed by atoms with Crippen LogP contribution < -0.4 is 4.74 Å². The van der Waals surface area contributed by atoms with E-state index in [1.807, 2.05) is 31.2 Å². The lowest BCUT2D eigenvalue weighted by molar-refractivity contribution is -0.145. The minimum atomic E-state index is -0.363. The van der Waals surface area contributed by atoms with Crippen LogP contribution in [0.15, 0.2) is 24.3 Å². The number of hydrogen-bond acceptors (Lipinski definition) is 4. The summed E-state index contributed by atoms with van der Waals surface area (Å²) in [6.07, 6.45) is 0.819. The molecule has 1 aromatic carbocycles. The minimum absolute atomic E-state index is 0.0246. The van der Waals surface area contributed by atoms with Crippen LogP contribution in [0, 0.1) is 0 Å². The van der Waals surface area contributed by atoms with Gasteiger partial charge in [-0.25, -0.2) is 4.79 Å². The molecule has 0 fully saturated rings. The first-order chi connectivity index (χ1) is 8.72. The van der Waals surface area contributed by atoms with E-state index >= 15 is 0 Å². The zero-order valence-electron chi connectivity index (χ0n) is 11.1. The Hall–Kier alpha value is -1.55. The van der Waals surface area contributed by atoms with Gasteiger partial charge in [0, 0.05) is 12.7 Å². The van der Waals surface area contributed by atoms with Gasteiger partial charge in [-0.05, 0) is 19.4 Å². The second-order valence-electron chi connectivity index (χ2n) is 3.76. The first-order valence-corrected chi connectivity index (χ1v) is 6.13. The van der Waals surface area contributed by atoms with Crippen molar-refractivity contribution in [3.05, 3.63) is 29.8 Å². The molecule has 0 bridgehead atoms. The molecule has 1 unspecified atom stereocenters. The van der Waals surface area contributed by atoms with E-state index in [-0.39, 0.29) is 18.7 Å². The topological polar surface area (TPSA) is 44.8 Å². The Morgan fingerprint density at radius 3 is 2.61 bits per heavy atom. The van der Waals surface area contributed by atoms with Crippen molar-refractivity contribution in [1.82, 2.24) is 0 Å². The fraction of sp³-hybridized carbons (Fsp3) is 0.500. The van der Waals surface area contributed by atoms with E-state index in [9.17, 15) is 4.79 Å². The number of benzene rings is 1. The molecule has 0 aromatic heterocycles. The van der Waals surface area contributed by atoms with Crippen LogP contribution in [-0.4, -0.2) is 26.3 Å². The highest BCUT2D eigenvalue weighted by Gasteiger charge is 2.14. The molecule has 4 heteroatoms. The summed E-state index contributed by atoms with van der Waals surface area (Å²) >= 11 is 0. The van der Waals surface area contributed by atoms with Crippen LogP contribution in [0.4, 0.5) is 0 Å². The molecule has 0 amide bonds. The molecule has 0 saturated carbocycles. The Labute approximate surface area is 108 Å². The first-order valence-electron chi connectivity index (χ1n) is 6.13. The molecule has 1 aromatic rings. The largest absolute Gasteiger partial charge is 0.482 e.